The minimum Gasteiger partial charge on any atom is -0.497 e. The molecule has 0 spiro atoms. The van der Waals surface area contributed by atoms with E-state index >= 15 is 0 Å². The number of hydrogen-bond acceptors (Lipinski definition) is 9. The van der Waals surface area contributed by atoms with Gasteiger partial charge in [0.2, 0.25) is 0 Å². The predicted molar refractivity (Wildman–Crippen MR) is 196 cm³/mol. The molecule has 8 rings (SSSR count). The molecule has 3 aromatic heterocycles. The van der Waals surface area contributed by atoms with Crippen LogP contribution in [-0.4, -0.2) is 54.2 Å². The molecular formula is C40H31F2N9O2. The van der Waals surface area contributed by atoms with Gasteiger partial charge in [0.05, 0.1) is 73.5 Å². The molecule has 5 aromatic carbocycles. The molecule has 8 aromatic rings. The van der Waals surface area contributed by atoms with Gasteiger partial charge in [0.25, 0.3) is 0 Å². The average Bonchev–Trinajstić information content (AvgIpc) is 3.88. The third-order valence-electron chi connectivity index (χ3n) is 8.67. The topological polar surface area (TPSA) is 109 Å². The van der Waals surface area contributed by atoms with E-state index in [1.54, 1.807) is 47.8 Å². The van der Waals surface area contributed by atoms with Crippen molar-refractivity contribution in [3.05, 3.63) is 151 Å². The fraction of sp³-hybridized carbons (Fsp3) is 0.100. The van der Waals surface area contributed by atoms with Gasteiger partial charge in [-0.3, -0.25) is 0 Å². The molecule has 3 heterocycles. The van der Waals surface area contributed by atoms with Crippen LogP contribution in [0.15, 0.2) is 128 Å². The summed E-state index contributed by atoms with van der Waals surface area (Å²) >= 11 is 0. The van der Waals surface area contributed by atoms with Crippen molar-refractivity contribution in [1.82, 2.24) is 40.0 Å². The first kappa shape index (κ1) is 33.1. The summed E-state index contributed by atoms with van der Waals surface area (Å²) < 4.78 is 42.1. The highest BCUT2D eigenvalue weighted by Crippen LogP contribution is 2.33. The Morgan fingerprint density at radius 2 is 1.06 bits per heavy atom. The largest absolute Gasteiger partial charge is 0.497 e. The Morgan fingerprint density at radius 3 is 1.55 bits per heavy atom. The predicted octanol–water partition coefficient (Wildman–Crippen LogP) is 7.63. The Kier molecular flexibility index (Phi) is 8.95. The number of anilines is 1. The Bertz CT molecular complexity index is 2450. The van der Waals surface area contributed by atoms with Gasteiger partial charge in [0.1, 0.15) is 34.5 Å². The van der Waals surface area contributed by atoms with Crippen LogP contribution in [0.2, 0.25) is 0 Å². The van der Waals surface area contributed by atoms with Crippen LogP contribution < -0.4 is 14.4 Å². The molecule has 0 atom stereocenters. The maximum atomic E-state index is 14.0. The van der Waals surface area contributed by atoms with Gasteiger partial charge in [0.15, 0.2) is 0 Å². The summed E-state index contributed by atoms with van der Waals surface area (Å²) in [6.45, 7) is 0.737. The van der Waals surface area contributed by atoms with Gasteiger partial charge >= 0.3 is 0 Å². The number of nitrogens with zero attached hydrogens (tertiary/aromatic N) is 9. The van der Waals surface area contributed by atoms with Crippen LogP contribution in [0.3, 0.4) is 0 Å². The molecule has 0 aliphatic carbocycles. The van der Waals surface area contributed by atoms with Crippen molar-refractivity contribution in [3.63, 3.8) is 0 Å². The highest BCUT2D eigenvalue weighted by Gasteiger charge is 2.18. The van der Waals surface area contributed by atoms with E-state index in [2.05, 4.69) is 25.5 Å². The Morgan fingerprint density at radius 1 is 0.566 bits per heavy atom. The number of fused-ring (bicyclic) bond motifs is 1. The molecule has 0 saturated carbocycles. The van der Waals surface area contributed by atoms with Crippen molar-refractivity contribution >= 4 is 16.7 Å². The molecule has 11 nitrogen and oxygen atoms in total. The number of rotatable bonds is 11. The third-order valence-corrected chi connectivity index (χ3v) is 8.67. The van der Waals surface area contributed by atoms with Gasteiger partial charge in [0, 0.05) is 28.9 Å². The molecule has 0 aliphatic heterocycles. The zero-order valence-electron chi connectivity index (χ0n) is 28.6. The van der Waals surface area contributed by atoms with Crippen LogP contribution >= 0.6 is 0 Å². The Hall–Kier alpha value is -7.02. The summed E-state index contributed by atoms with van der Waals surface area (Å²) in [7, 11) is 3.24. The summed E-state index contributed by atoms with van der Waals surface area (Å²) in [5, 5.41) is 17.8. The van der Waals surface area contributed by atoms with Gasteiger partial charge in [-0.1, -0.05) is 22.6 Å². The minimum atomic E-state index is -0.365. The first-order chi connectivity index (χ1) is 25.9. The van der Waals surface area contributed by atoms with Gasteiger partial charge < -0.3 is 14.4 Å². The maximum Gasteiger partial charge on any atom is 0.123 e. The van der Waals surface area contributed by atoms with Crippen LogP contribution in [0.1, 0.15) is 11.4 Å². The zero-order valence-corrected chi connectivity index (χ0v) is 28.6. The van der Waals surface area contributed by atoms with Crippen LogP contribution in [0, 0.1) is 11.6 Å². The molecule has 0 radical (unpaired) electrons. The monoisotopic (exact) mass is 707 g/mol. The average molecular weight is 708 g/mol. The molecule has 0 fully saturated rings. The van der Waals surface area contributed by atoms with Crippen LogP contribution in [0.25, 0.3) is 44.9 Å². The molecule has 262 valence electrons. The van der Waals surface area contributed by atoms with E-state index in [1.807, 2.05) is 79.1 Å². The van der Waals surface area contributed by atoms with E-state index in [1.165, 1.54) is 24.3 Å². The molecule has 0 amide bonds. The van der Waals surface area contributed by atoms with Crippen molar-refractivity contribution in [2.45, 2.75) is 13.1 Å². The Labute approximate surface area is 302 Å². The minimum absolute atomic E-state index is 0.359. The fourth-order valence-electron chi connectivity index (χ4n) is 5.99. The first-order valence-electron chi connectivity index (χ1n) is 16.6. The van der Waals surface area contributed by atoms with Crippen molar-refractivity contribution in [2.75, 3.05) is 19.1 Å². The van der Waals surface area contributed by atoms with E-state index < -0.39 is 0 Å². The quantitative estimate of drug-likeness (QED) is 0.134. The lowest BCUT2D eigenvalue weighted by Gasteiger charge is -2.23. The lowest BCUT2D eigenvalue weighted by molar-refractivity contribution is 0.414. The van der Waals surface area contributed by atoms with Gasteiger partial charge in [-0.15, -0.1) is 10.2 Å². The van der Waals surface area contributed by atoms with Crippen molar-refractivity contribution in [2.24, 2.45) is 0 Å². The summed E-state index contributed by atoms with van der Waals surface area (Å²) in [5.74, 6) is 0.693. The molecule has 0 bridgehead atoms. The normalized spacial score (nSPS) is 11.2. The molecule has 0 N–H and O–H groups in total. The SMILES string of the molecule is COc1cccc(-n2cc(CN(Cc3cn(-c4cccc(OC)c4)nn3)c3ccc4nc(-c5ccc(F)cc5)c(-c5ccc(F)cc5)nc4c3)nn2)c1. The lowest BCUT2D eigenvalue weighted by Crippen LogP contribution is -2.22. The van der Waals surface area contributed by atoms with Gasteiger partial charge in [-0.05, 0) is 91.0 Å². The van der Waals surface area contributed by atoms with E-state index in [0.717, 1.165) is 17.1 Å². The van der Waals surface area contributed by atoms with Crippen molar-refractivity contribution in [3.8, 4) is 45.4 Å². The number of hydrogen-bond donors (Lipinski definition) is 0. The second-order valence-corrected chi connectivity index (χ2v) is 12.2. The lowest BCUT2D eigenvalue weighted by atomic mass is 10.0. The number of aromatic nitrogens is 8. The van der Waals surface area contributed by atoms with E-state index in [-0.39, 0.29) is 11.6 Å². The summed E-state index contributed by atoms with van der Waals surface area (Å²) in [4.78, 5) is 12.1. The molecule has 0 saturated heterocycles. The maximum absolute atomic E-state index is 14.0. The molecule has 13 heteroatoms. The molecule has 53 heavy (non-hydrogen) atoms. The summed E-state index contributed by atoms with van der Waals surface area (Å²) in [6.07, 6.45) is 3.74. The van der Waals surface area contributed by atoms with Crippen LogP contribution in [0.5, 0.6) is 11.5 Å². The van der Waals surface area contributed by atoms with Gasteiger partial charge in [-0.25, -0.2) is 28.1 Å². The van der Waals surface area contributed by atoms with Crippen molar-refractivity contribution < 1.29 is 18.3 Å². The van der Waals surface area contributed by atoms with Crippen molar-refractivity contribution in [1.29, 1.82) is 0 Å². The highest BCUT2D eigenvalue weighted by atomic mass is 19.1. The number of benzene rings is 5. The van der Waals surface area contributed by atoms with E-state index in [0.29, 0.717) is 69.5 Å². The second kappa shape index (κ2) is 14.3. The molecule has 0 aliphatic rings. The summed E-state index contributed by atoms with van der Waals surface area (Å²) in [5.41, 5.74) is 7.53. The van der Waals surface area contributed by atoms with Crippen LogP contribution in [-0.2, 0) is 13.1 Å². The number of methoxy groups -OCH3 is 2. The Balaban J connectivity index is 1.19. The molecule has 0 unspecified atom stereocenters. The summed E-state index contributed by atoms with van der Waals surface area (Å²) in [6, 6.07) is 33.1. The van der Waals surface area contributed by atoms with Gasteiger partial charge in [-0.2, -0.15) is 0 Å². The third kappa shape index (κ3) is 7.13. The molecular weight excluding hydrogens is 676 g/mol. The second-order valence-electron chi connectivity index (χ2n) is 12.2. The smallest absolute Gasteiger partial charge is 0.123 e. The van der Waals surface area contributed by atoms with E-state index in [4.69, 9.17) is 19.4 Å². The number of halogens is 2. The zero-order chi connectivity index (χ0) is 36.3. The van der Waals surface area contributed by atoms with Crippen LogP contribution in [0.4, 0.5) is 14.5 Å². The van der Waals surface area contributed by atoms with E-state index in [9.17, 15) is 8.78 Å². The first-order valence-corrected chi connectivity index (χ1v) is 16.6. The number of ether oxygens (including phenoxy) is 2. The standard InChI is InChI=1S/C40H31F2N9O2/c1-52-35-7-3-5-33(19-35)50-24-30(45-47-50)22-49(23-31-25-51(48-46-31)34-6-4-8-36(20-34)53-2)32-17-18-37-38(21-32)44-40(27-11-15-29(42)16-12-27)39(43-37)26-9-13-28(41)14-10-26/h3-21,24-25H,22-23H2,1-2H3. The fourth-order valence-corrected chi connectivity index (χ4v) is 5.99. The highest BCUT2D eigenvalue weighted by molar-refractivity contribution is 5.88.